The molecule has 0 N–H and O–H groups in total. The second-order valence-electron chi connectivity index (χ2n) is 14.1. The third-order valence-corrected chi connectivity index (χ3v) is 12.3. The van der Waals surface area contributed by atoms with Gasteiger partial charge in [0.15, 0.2) is 0 Å². The Labute approximate surface area is 322 Å². The van der Waals surface area contributed by atoms with Gasteiger partial charge < -0.3 is 18.9 Å². The number of aryl methyl sites for hydroxylation is 4. The van der Waals surface area contributed by atoms with Crippen molar-refractivity contribution in [1.29, 1.82) is 5.26 Å². The molecule has 1 fully saturated rings. The largest absolute Gasteiger partial charge is 0.334 e. The van der Waals surface area contributed by atoms with Crippen LogP contribution in [0.2, 0.25) is 0 Å². The first kappa shape index (κ1) is 39.1. The molecule has 55 heavy (non-hydrogen) atoms. The van der Waals surface area contributed by atoms with E-state index in [0.29, 0.717) is 31.5 Å². The topological polar surface area (TPSA) is 146 Å². The van der Waals surface area contributed by atoms with Gasteiger partial charge in [0.2, 0.25) is 0 Å². The average molecular weight is 761 g/mol. The quantitative estimate of drug-likeness (QED) is 0.141. The molecule has 13 nitrogen and oxygen atoms in total. The van der Waals surface area contributed by atoms with Crippen LogP contribution in [0, 0.1) is 11.3 Å². The summed E-state index contributed by atoms with van der Waals surface area (Å²) >= 11 is 0. The Morgan fingerprint density at radius 1 is 0.818 bits per heavy atom. The minimum atomic E-state index is -3.04. The molecule has 6 aromatic rings. The van der Waals surface area contributed by atoms with Crippen molar-refractivity contribution in [2.24, 2.45) is 14.1 Å². The van der Waals surface area contributed by atoms with E-state index in [-0.39, 0.29) is 11.3 Å². The second-order valence-corrected chi connectivity index (χ2v) is 16.4. The summed E-state index contributed by atoms with van der Waals surface area (Å²) in [4.78, 5) is 34.9. The van der Waals surface area contributed by atoms with Gasteiger partial charge >= 0.3 is 0 Å². The van der Waals surface area contributed by atoms with Gasteiger partial charge in [-0.1, -0.05) is 26.0 Å². The molecule has 286 valence electrons. The van der Waals surface area contributed by atoms with Crippen molar-refractivity contribution in [2.45, 2.75) is 50.8 Å². The number of imidazole rings is 2. The van der Waals surface area contributed by atoms with Crippen molar-refractivity contribution in [2.75, 3.05) is 43.2 Å². The number of hydrogen-bond donors (Lipinski definition) is 0. The number of rotatable bonds is 10. The van der Waals surface area contributed by atoms with E-state index in [1.54, 1.807) is 25.0 Å². The van der Waals surface area contributed by atoms with Crippen molar-refractivity contribution >= 4 is 61.2 Å². The monoisotopic (exact) mass is 760 g/mol. The molecule has 1 aliphatic heterocycles. The number of likely N-dealkylation sites (tertiary alicyclic amines) is 1. The number of anilines is 4. The fourth-order valence-electron chi connectivity index (χ4n) is 7.26. The predicted octanol–water partition coefficient (Wildman–Crippen LogP) is 6.48. The molecular formula is C41H48N10O3S. The van der Waals surface area contributed by atoms with Gasteiger partial charge in [-0.2, -0.15) is 5.26 Å². The Balaban J connectivity index is 0.000000203. The Morgan fingerprint density at radius 2 is 1.33 bits per heavy atom. The van der Waals surface area contributed by atoms with Gasteiger partial charge in [-0.15, -0.1) is 0 Å². The van der Waals surface area contributed by atoms with E-state index < -0.39 is 9.84 Å². The first-order valence-corrected chi connectivity index (χ1v) is 20.4. The van der Waals surface area contributed by atoms with E-state index in [1.807, 2.05) is 78.6 Å². The summed E-state index contributed by atoms with van der Waals surface area (Å²) in [6.07, 6.45) is 12.1. The molecule has 4 aromatic heterocycles. The first-order chi connectivity index (χ1) is 26.4. The molecule has 1 atom stereocenters. The van der Waals surface area contributed by atoms with Crippen LogP contribution in [0.5, 0.6) is 0 Å². The van der Waals surface area contributed by atoms with Crippen LogP contribution in [0.25, 0.3) is 22.1 Å². The summed E-state index contributed by atoms with van der Waals surface area (Å²) in [5, 5.41) is 9.64. The SMILES string of the molecule is CCc1cc(C(C#N)N2CCC(S(C)(=O)=O)CC2)ccc1N(C)c1cc2c(cn1)ncn2C.CCc1cc(C=O)ccc1N(C)c1cc2c(cn1)ncn2C. The molecule has 7 rings (SSSR count). The minimum Gasteiger partial charge on any atom is -0.334 e. The van der Waals surface area contributed by atoms with E-state index in [0.717, 1.165) is 80.9 Å². The lowest BCUT2D eigenvalue weighted by molar-refractivity contribution is 0.112. The van der Waals surface area contributed by atoms with Gasteiger partial charge in [0.05, 0.1) is 47.4 Å². The molecule has 0 bridgehead atoms. The number of pyridine rings is 2. The highest BCUT2D eigenvalue weighted by atomic mass is 32.2. The lowest BCUT2D eigenvalue weighted by atomic mass is 9.98. The zero-order valence-electron chi connectivity index (χ0n) is 32.5. The highest BCUT2D eigenvalue weighted by Gasteiger charge is 2.31. The lowest BCUT2D eigenvalue weighted by Crippen LogP contribution is -2.40. The number of sulfone groups is 1. The molecule has 1 saturated heterocycles. The summed E-state index contributed by atoms with van der Waals surface area (Å²) in [7, 11) is 4.88. The fourth-order valence-corrected chi connectivity index (χ4v) is 8.32. The summed E-state index contributed by atoms with van der Waals surface area (Å²) in [6.45, 7) is 5.40. The highest BCUT2D eigenvalue weighted by molar-refractivity contribution is 7.91. The van der Waals surface area contributed by atoms with Crippen LogP contribution >= 0.6 is 0 Å². The molecule has 5 heterocycles. The summed E-state index contributed by atoms with van der Waals surface area (Å²) in [5.41, 5.74) is 9.80. The van der Waals surface area contributed by atoms with Gasteiger partial charge in [-0.3, -0.25) is 9.69 Å². The van der Waals surface area contributed by atoms with Gasteiger partial charge in [0.25, 0.3) is 0 Å². The van der Waals surface area contributed by atoms with E-state index in [4.69, 9.17) is 0 Å². The molecule has 14 heteroatoms. The van der Waals surface area contributed by atoms with Crippen LogP contribution in [0.15, 0.2) is 73.6 Å². The van der Waals surface area contributed by atoms with Crippen LogP contribution in [0.4, 0.5) is 23.0 Å². The van der Waals surface area contributed by atoms with E-state index in [2.05, 4.69) is 61.8 Å². The molecule has 0 spiro atoms. The summed E-state index contributed by atoms with van der Waals surface area (Å²) in [6, 6.07) is 18.0. The van der Waals surface area contributed by atoms with Gasteiger partial charge in [0, 0.05) is 76.6 Å². The van der Waals surface area contributed by atoms with Gasteiger partial charge in [0.1, 0.15) is 44.8 Å². The number of hydrogen-bond acceptors (Lipinski definition) is 11. The third-order valence-electron chi connectivity index (χ3n) is 10.6. The lowest BCUT2D eigenvalue weighted by Gasteiger charge is -2.34. The fraction of sp³-hybridized carbons (Fsp3) is 0.366. The number of fused-ring (bicyclic) bond motifs is 2. The molecule has 0 saturated carbocycles. The van der Waals surface area contributed by atoms with Crippen molar-refractivity contribution in [3.63, 3.8) is 0 Å². The van der Waals surface area contributed by atoms with E-state index in [9.17, 15) is 18.5 Å². The van der Waals surface area contributed by atoms with Crippen molar-refractivity contribution in [1.82, 2.24) is 34.0 Å². The van der Waals surface area contributed by atoms with E-state index in [1.165, 1.54) is 6.26 Å². The van der Waals surface area contributed by atoms with Gasteiger partial charge in [-0.05, 0) is 66.6 Å². The smallest absolute Gasteiger partial charge is 0.150 e. The molecule has 2 aromatic carbocycles. The number of aldehydes is 1. The van der Waals surface area contributed by atoms with Crippen LogP contribution in [0.3, 0.4) is 0 Å². The molecule has 0 radical (unpaired) electrons. The van der Waals surface area contributed by atoms with Crippen molar-refractivity contribution in [3.8, 4) is 6.07 Å². The second kappa shape index (κ2) is 16.4. The van der Waals surface area contributed by atoms with E-state index >= 15 is 0 Å². The standard InChI is InChI=1S/C24H30N6O2S.C17H18N4O/c1-5-17-12-18(23(14-25)30-10-8-19(9-11-30)33(4,31)32)6-7-21(17)29(3)24-13-22-20(15-26-24)27-16-28(22)2;1-4-13-7-12(10-22)5-6-15(13)21(3)17-8-16-14(9-18-17)19-11-20(16)2/h6-7,12-13,15-16,19,23H,5,8-11H2,1-4H3;5-11H,4H2,1-3H3. The maximum absolute atomic E-state index is 11.9. The van der Waals surface area contributed by atoms with Crippen LogP contribution in [-0.2, 0) is 36.8 Å². The van der Waals surface area contributed by atoms with Crippen molar-refractivity contribution in [3.05, 3.63) is 95.8 Å². The Bertz CT molecular complexity index is 2480. The Morgan fingerprint density at radius 3 is 1.80 bits per heavy atom. The predicted molar refractivity (Wildman–Crippen MR) is 218 cm³/mol. The molecule has 0 aliphatic carbocycles. The Kier molecular flexibility index (Phi) is 11.6. The molecule has 1 unspecified atom stereocenters. The molecular weight excluding hydrogens is 713 g/mol. The maximum atomic E-state index is 11.9. The van der Waals surface area contributed by atoms with Crippen LogP contribution in [-0.4, -0.2) is 87.4 Å². The van der Waals surface area contributed by atoms with Crippen molar-refractivity contribution < 1.29 is 13.2 Å². The number of nitrogens with zero attached hydrogens (tertiary/aromatic N) is 10. The van der Waals surface area contributed by atoms with Crippen LogP contribution < -0.4 is 9.80 Å². The molecule has 0 amide bonds. The number of carbonyl (C=O) groups excluding carboxylic acids is 1. The summed E-state index contributed by atoms with van der Waals surface area (Å²) < 4.78 is 27.7. The third kappa shape index (κ3) is 8.23. The number of piperidine rings is 1. The zero-order chi connectivity index (χ0) is 39.4. The minimum absolute atomic E-state index is 0.306. The average Bonchev–Trinajstić information content (AvgIpc) is 3.77. The zero-order valence-corrected chi connectivity index (χ0v) is 33.3. The Hall–Kier alpha value is -5.65. The number of benzene rings is 2. The highest BCUT2D eigenvalue weighted by Crippen LogP contribution is 2.33. The van der Waals surface area contributed by atoms with Gasteiger partial charge in [-0.25, -0.2) is 28.4 Å². The maximum Gasteiger partial charge on any atom is 0.150 e. The van der Waals surface area contributed by atoms with Crippen LogP contribution in [0.1, 0.15) is 59.8 Å². The first-order valence-electron chi connectivity index (χ1n) is 18.4. The molecule has 1 aliphatic rings. The number of nitriles is 1. The summed E-state index contributed by atoms with van der Waals surface area (Å²) in [5.74, 6) is 1.68. The number of carbonyl (C=O) groups is 1. The number of aromatic nitrogens is 6. The normalized spacial score (nSPS) is 14.3.